The quantitative estimate of drug-likeness (QED) is 0.247. The van der Waals surface area contributed by atoms with Crippen LogP contribution in [0.5, 0.6) is 0 Å². The van der Waals surface area contributed by atoms with Gasteiger partial charge in [-0.1, -0.05) is 78.9 Å². The summed E-state index contributed by atoms with van der Waals surface area (Å²) in [4.78, 5) is 37.7. The first-order chi connectivity index (χ1) is 20.3. The van der Waals surface area contributed by atoms with Crippen LogP contribution >= 0.6 is 0 Å². The van der Waals surface area contributed by atoms with Crippen LogP contribution in [0.3, 0.4) is 0 Å². The van der Waals surface area contributed by atoms with E-state index in [9.17, 15) is 19.5 Å². The highest BCUT2D eigenvalue weighted by Crippen LogP contribution is 2.44. The molecule has 1 aromatic heterocycles. The molecule has 10 nitrogen and oxygen atoms in total. The topological polar surface area (TPSA) is 132 Å². The molecule has 0 spiro atoms. The number of carbonyl (C=O) groups is 3. The highest BCUT2D eigenvalue weighted by molar-refractivity contribution is 5.87. The average molecular weight is 569 g/mol. The van der Waals surface area contributed by atoms with Crippen LogP contribution in [-0.4, -0.2) is 51.6 Å². The van der Waals surface area contributed by atoms with Crippen molar-refractivity contribution >= 4 is 18.0 Å². The first-order valence-electron chi connectivity index (χ1n) is 13.6. The molecule has 0 bridgehead atoms. The standard InChI is InChI=1S/C32H32N4O6/c1-20(41-18-21-10-4-3-5-11-21)29(30(37)33-17-22-16-28(31(38)39)36(2)35-22)34-32(40)42-19-27-25-14-8-6-12-23(25)24-13-7-9-15-26(24)27/h3-16,20,27,29H,17-19H2,1-2H3,(H,33,37)(H,34,40)(H,38,39)/t20-,29+/m0/s1. The van der Waals surface area contributed by atoms with Gasteiger partial charge in [-0.05, 0) is 40.8 Å². The number of ether oxygens (including phenoxy) is 2. The molecule has 4 aromatic rings. The van der Waals surface area contributed by atoms with Crippen molar-refractivity contribution in [2.45, 2.75) is 38.1 Å². The minimum Gasteiger partial charge on any atom is -0.477 e. The van der Waals surface area contributed by atoms with Gasteiger partial charge >= 0.3 is 12.1 Å². The summed E-state index contributed by atoms with van der Waals surface area (Å²) in [5, 5.41) is 18.8. The Labute approximate surface area is 243 Å². The molecule has 10 heteroatoms. The number of aromatic nitrogens is 2. The zero-order chi connectivity index (χ0) is 29.6. The van der Waals surface area contributed by atoms with E-state index in [1.54, 1.807) is 6.92 Å². The maximum Gasteiger partial charge on any atom is 0.407 e. The van der Waals surface area contributed by atoms with E-state index in [4.69, 9.17) is 9.47 Å². The maximum atomic E-state index is 13.3. The zero-order valence-corrected chi connectivity index (χ0v) is 23.3. The molecule has 2 amide bonds. The number of carboxylic acids is 1. The molecule has 1 aliphatic carbocycles. The molecule has 1 aliphatic rings. The Kier molecular flexibility index (Phi) is 8.63. The Balaban J connectivity index is 1.26. The Morgan fingerprint density at radius 1 is 0.952 bits per heavy atom. The summed E-state index contributed by atoms with van der Waals surface area (Å²) in [7, 11) is 1.51. The Bertz CT molecular complexity index is 1540. The van der Waals surface area contributed by atoms with Crippen LogP contribution in [-0.2, 0) is 34.5 Å². The smallest absolute Gasteiger partial charge is 0.407 e. The van der Waals surface area contributed by atoms with Gasteiger partial charge in [0.05, 0.1) is 24.9 Å². The van der Waals surface area contributed by atoms with E-state index in [1.807, 2.05) is 66.7 Å². The van der Waals surface area contributed by atoms with Crippen LogP contribution in [0.15, 0.2) is 84.9 Å². The van der Waals surface area contributed by atoms with Crippen molar-refractivity contribution in [1.82, 2.24) is 20.4 Å². The van der Waals surface area contributed by atoms with Crippen LogP contribution < -0.4 is 10.6 Å². The second-order valence-electron chi connectivity index (χ2n) is 10.1. The van der Waals surface area contributed by atoms with Crippen molar-refractivity contribution in [3.63, 3.8) is 0 Å². The summed E-state index contributed by atoms with van der Waals surface area (Å²) in [6.45, 7) is 1.99. The number of alkyl carbamates (subject to hydrolysis) is 1. The molecule has 0 aliphatic heterocycles. The number of hydrogen-bond donors (Lipinski definition) is 3. The SMILES string of the molecule is C[C@H](OCc1ccccc1)[C@@H](NC(=O)OCC1c2ccccc2-c2ccccc21)C(=O)NCc1cc(C(=O)O)n(C)n1. The summed E-state index contributed by atoms with van der Waals surface area (Å²) < 4.78 is 12.9. The van der Waals surface area contributed by atoms with E-state index in [-0.39, 0.29) is 31.4 Å². The third-order valence-corrected chi connectivity index (χ3v) is 7.32. The van der Waals surface area contributed by atoms with Crippen LogP contribution in [0.4, 0.5) is 4.79 Å². The minimum atomic E-state index is -1.12. The van der Waals surface area contributed by atoms with Gasteiger partial charge in [-0.15, -0.1) is 0 Å². The number of nitrogens with zero attached hydrogens (tertiary/aromatic N) is 2. The van der Waals surface area contributed by atoms with Gasteiger partial charge in [0, 0.05) is 13.0 Å². The largest absolute Gasteiger partial charge is 0.477 e. The van der Waals surface area contributed by atoms with Gasteiger partial charge in [-0.3, -0.25) is 9.48 Å². The van der Waals surface area contributed by atoms with Gasteiger partial charge in [0.25, 0.3) is 0 Å². The number of carbonyl (C=O) groups excluding carboxylic acids is 2. The van der Waals surface area contributed by atoms with Gasteiger partial charge in [0.1, 0.15) is 18.3 Å². The van der Waals surface area contributed by atoms with Gasteiger partial charge in [-0.2, -0.15) is 5.10 Å². The molecule has 42 heavy (non-hydrogen) atoms. The molecule has 2 atom stereocenters. The van der Waals surface area contributed by atoms with Crippen LogP contribution in [0.2, 0.25) is 0 Å². The zero-order valence-electron chi connectivity index (χ0n) is 23.3. The van der Waals surface area contributed by atoms with Crippen LogP contribution in [0, 0.1) is 0 Å². The van der Waals surface area contributed by atoms with Crippen molar-refractivity contribution in [3.8, 4) is 11.1 Å². The van der Waals surface area contributed by atoms with Crippen molar-refractivity contribution in [3.05, 3.63) is 113 Å². The lowest BCUT2D eigenvalue weighted by molar-refractivity contribution is -0.127. The maximum absolute atomic E-state index is 13.3. The average Bonchev–Trinajstić information content (AvgIpc) is 3.54. The molecule has 0 radical (unpaired) electrons. The fourth-order valence-corrected chi connectivity index (χ4v) is 5.16. The Hall–Kier alpha value is -4.96. The van der Waals surface area contributed by atoms with Gasteiger partial charge in [0.15, 0.2) is 0 Å². The Morgan fingerprint density at radius 2 is 1.57 bits per heavy atom. The van der Waals surface area contributed by atoms with Crippen molar-refractivity contribution < 1.29 is 29.0 Å². The first kappa shape index (κ1) is 28.6. The molecule has 0 unspecified atom stereocenters. The summed E-state index contributed by atoms with van der Waals surface area (Å²) in [6, 6.07) is 25.9. The number of hydrogen-bond acceptors (Lipinski definition) is 6. The molecule has 0 saturated carbocycles. The van der Waals surface area contributed by atoms with Gasteiger partial charge < -0.3 is 25.2 Å². The lowest BCUT2D eigenvalue weighted by atomic mass is 9.98. The van der Waals surface area contributed by atoms with E-state index < -0.39 is 30.1 Å². The second kappa shape index (κ2) is 12.7. The molecule has 0 fully saturated rings. The summed E-state index contributed by atoms with van der Waals surface area (Å²) in [5.41, 5.74) is 5.66. The lowest BCUT2D eigenvalue weighted by Gasteiger charge is -2.25. The van der Waals surface area contributed by atoms with Gasteiger partial charge in [-0.25, -0.2) is 9.59 Å². The third-order valence-electron chi connectivity index (χ3n) is 7.32. The molecule has 3 N–H and O–H groups in total. The first-order valence-corrected chi connectivity index (χ1v) is 13.6. The number of aryl methyl sites for hydroxylation is 1. The molecule has 0 saturated heterocycles. The number of benzene rings is 3. The third kappa shape index (κ3) is 6.34. The van der Waals surface area contributed by atoms with E-state index in [0.29, 0.717) is 5.69 Å². The predicted molar refractivity (Wildman–Crippen MR) is 155 cm³/mol. The summed E-state index contributed by atoms with van der Waals surface area (Å²) >= 11 is 0. The van der Waals surface area contributed by atoms with E-state index in [1.165, 1.54) is 17.8 Å². The monoisotopic (exact) mass is 568 g/mol. The van der Waals surface area contributed by atoms with Crippen molar-refractivity contribution in [2.75, 3.05) is 6.61 Å². The molecular weight excluding hydrogens is 536 g/mol. The number of carboxylic acid groups (broad SMARTS) is 1. The second-order valence-corrected chi connectivity index (χ2v) is 10.1. The van der Waals surface area contributed by atoms with E-state index in [0.717, 1.165) is 27.8 Å². The molecule has 5 rings (SSSR count). The number of aromatic carboxylic acids is 1. The molecule has 3 aromatic carbocycles. The highest BCUT2D eigenvalue weighted by Gasteiger charge is 2.31. The highest BCUT2D eigenvalue weighted by atomic mass is 16.5. The minimum absolute atomic E-state index is 0.00729. The Morgan fingerprint density at radius 3 is 2.19 bits per heavy atom. The van der Waals surface area contributed by atoms with Crippen molar-refractivity contribution in [2.24, 2.45) is 7.05 Å². The van der Waals surface area contributed by atoms with Crippen molar-refractivity contribution in [1.29, 1.82) is 0 Å². The fraction of sp³-hybridized carbons (Fsp3) is 0.250. The van der Waals surface area contributed by atoms with Crippen LogP contribution in [0.1, 0.15) is 45.7 Å². The van der Waals surface area contributed by atoms with Gasteiger partial charge in [0.2, 0.25) is 5.91 Å². The number of amides is 2. The normalized spacial score (nSPS) is 13.5. The predicted octanol–water partition coefficient (Wildman–Crippen LogP) is 4.25. The van der Waals surface area contributed by atoms with E-state index in [2.05, 4.69) is 27.9 Å². The molecule has 1 heterocycles. The number of rotatable bonds is 11. The summed E-state index contributed by atoms with van der Waals surface area (Å²) in [5.74, 6) is -1.78. The van der Waals surface area contributed by atoms with Crippen LogP contribution in [0.25, 0.3) is 11.1 Å². The lowest BCUT2D eigenvalue weighted by Crippen LogP contribution is -2.53. The number of fused-ring (bicyclic) bond motifs is 3. The molecular formula is C32H32N4O6. The molecule has 216 valence electrons. The summed E-state index contributed by atoms with van der Waals surface area (Å²) in [6.07, 6.45) is -1.47. The fourth-order valence-electron chi connectivity index (χ4n) is 5.16. The number of nitrogens with one attached hydrogen (secondary N) is 2. The van der Waals surface area contributed by atoms with E-state index >= 15 is 0 Å².